The van der Waals surface area contributed by atoms with Crippen LogP contribution in [0.2, 0.25) is 0 Å². The molecule has 1 saturated carbocycles. The Balaban J connectivity index is 1.51. The van der Waals surface area contributed by atoms with E-state index in [1.54, 1.807) is 0 Å². The number of nitriles is 1. The molecular formula is C17H21N3O2. The van der Waals surface area contributed by atoms with Gasteiger partial charge in [-0.2, -0.15) is 5.26 Å². The second-order valence-electron chi connectivity index (χ2n) is 6.52. The molecule has 3 heterocycles. The average Bonchev–Trinajstić information content (AvgIpc) is 2.96. The minimum atomic E-state index is -0.351. The van der Waals surface area contributed by atoms with E-state index in [1.165, 1.54) is 0 Å². The Morgan fingerprint density at radius 2 is 1.82 bits per heavy atom. The topological polar surface area (TPSA) is 58.4 Å². The minimum absolute atomic E-state index is 0.343. The SMILES string of the molecule is N#CC1(c2cccc(N3CCC4(CC3)OCCO4)n2)CCC1. The van der Waals surface area contributed by atoms with Gasteiger partial charge in [0.2, 0.25) is 0 Å². The van der Waals surface area contributed by atoms with Crippen LogP contribution in [0.1, 0.15) is 37.8 Å². The van der Waals surface area contributed by atoms with Gasteiger partial charge in [-0.15, -0.1) is 0 Å². The van der Waals surface area contributed by atoms with Gasteiger partial charge in [-0.05, 0) is 31.4 Å². The smallest absolute Gasteiger partial charge is 0.171 e. The van der Waals surface area contributed by atoms with Crippen molar-refractivity contribution in [3.63, 3.8) is 0 Å². The molecule has 1 spiro atoms. The average molecular weight is 299 g/mol. The van der Waals surface area contributed by atoms with Crippen LogP contribution in [-0.2, 0) is 14.9 Å². The Hall–Kier alpha value is -1.64. The van der Waals surface area contributed by atoms with Crippen molar-refractivity contribution in [1.82, 2.24) is 4.98 Å². The van der Waals surface area contributed by atoms with Gasteiger partial charge in [0.15, 0.2) is 5.79 Å². The van der Waals surface area contributed by atoms with E-state index in [-0.39, 0.29) is 11.2 Å². The van der Waals surface area contributed by atoms with Gasteiger partial charge < -0.3 is 14.4 Å². The molecule has 3 fully saturated rings. The standard InChI is InChI=1S/C17H21N3O2/c18-13-16(5-2-6-16)14-3-1-4-15(19-14)20-9-7-17(8-10-20)21-11-12-22-17/h1,3-4H,2,5-12H2. The van der Waals surface area contributed by atoms with Gasteiger partial charge in [0.25, 0.3) is 0 Å². The first kappa shape index (κ1) is 14.0. The third kappa shape index (κ3) is 2.18. The fourth-order valence-corrected chi connectivity index (χ4v) is 3.68. The van der Waals surface area contributed by atoms with Gasteiger partial charge in [-0.3, -0.25) is 0 Å². The molecule has 5 nitrogen and oxygen atoms in total. The zero-order valence-electron chi connectivity index (χ0n) is 12.8. The van der Waals surface area contributed by atoms with Crippen LogP contribution in [0.5, 0.6) is 0 Å². The van der Waals surface area contributed by atoms with Crippen molar-refractivity contribution in [3.05, 3.63) is 23.9 Å². The first-order valence-electron chi connectivity index (χ1n) is 8.17. The van der Waals surface area contributed by atoms with Crippen molar-refractivity contribution in [2.24, 2.45) is 0 Å². The minimum Gasteiger partial charge on any atom is -0.356 e. The highest BCUT2D eigenvalue weighted by Gasteiger charge is 2.42. The molecule has 5 heteroatoms. The molecule has 1 aliphatic carbocycles. The highest BCUT2D eigenvalue weighted by Crippen LogP contribution is 2.42. The summed E-state index contributed by atoms with van der Waals surface area (Å²) in [5, 5.41) is 9.49. The molecule has 22 heavy (non-hydrogen) atoms. The number of hydrogen-bond donors (Lipinski definition) is 0. The van der Waals surface area contributed by atoms with E-state index >= 15 is 0 Å². The normalized spacial score (nSPS) is 25.7. The van der Waals surface area contributed by atoms with Crippen LogP contribution >= 0.6 is 0 Å². The van der Waals surface area contributed by atoms with Gasteiger partial charge >= 0.3 is 0 Å². The Labute approximate surface area is 130 Å². The first-order valence-corrected chi connectivity index (χ1v) is 8.17. The number of piperidine rings is 1. The third-order valence-electron chi connectivity index (χ3n) is 5.31. The van der Waals surface area contributed by atoms with Gasteiger partial charge in [0.1, 0.15) is 5.82 Å². The van der Waals surface area contributed by atoms with Crippen molar-refractivity contribution >= 4 is 5.82 Å². The predicted molar refractivity (Wildman–Crippen MR) is 81.5 cm³/mol. The van der Waals surface area contributed by atoms with Crippen LogP contribution in [0.4, 0.5) is 5.82 Å². The summed E-state index contributed by atoms with van der Waals surface area (Å²) in [6.45, 7) is 3.18. The summed E-state index contributed by atoms with van der Waals surface area (Å²) in [7, 11) is 0. The number of anilines is 1. The maximum Gasteiger partial charge on any atom is 0.171 e. The number of hydrogen-bond acceptors (Lipinski definition) is 5. The summed E-state index contributed by atoms with van der Waals surface area (Å²) in [5.41, 5.74) is 0.595. The third-order valence-corrected chi connectivity index (χ3v) is 5.31. The van der Waals surface area contributed by atoms with Crippen molar-refractivity contribution in [1.29, 1.82) is 5.26 Å². The lowest BCUT2D eigenvalue weighted by molar-refractivity contribution is -0.169. The fourth-order valence-electron chi connectivity index (χ4n) is 3.68. The molecule has 0 aromatic carbocycles. The van der Waals surface area contributed by atoms with Gasteiger partial charge in [0.05, 0.1) is 30.4 Å². The van der Waals surface area contributed by atoms with E-state index in [1.807, 2.05) is 18.2 Å². The molecule has 0 radical (unpaired) electrons. The van der Waals surface area contributed by atoms with Gasteiger partial charge in [0, 0.05) is 25.9 Å². The van der Waals surface area contributed by atoms with E-state index in [4.69, 9.17) is 14.5 Å². The van der Waals surface area contributed by atoms with E-state index in [0.717, 1.165) is 56.7 Å². The van der Waals surface area contributed by atoms with Crippen molar-refractivity contribution in [3.8, 4) is 6.07 Å². The number of rotatable bonds is 2. The molecule has 1 aromatic rings. The van der Waals surface area contributed by atoms with Crippen molar-refractivity contribution in [2.75, 3.05) is 31.2 Å². The molecule has 2 saturated heterocycles. The van der Waals surface area contributed by atoms with E-state index in [2.05, 4.69) is 11.0 Å². The lowest BCUT2D eigenvalue weighted by Crippen LogP contribution is -2.45. The summed E-state index contributed by atoms with van der Waals surface area (Å²) < 4.78 is 11.6. The van der Waals surface area contributed by atoms with E-state index in [0.29, 0.717) is 13.2 Å². The summed E-state index contributed by atoms with van der Waals surface area (Å²) in [5.74, 6) is 0.627. The van der Waals surface area contributed by atoms with Crippen LogP contribution in [0.3, 0.4) is 0 Å². The molecule has 3 aliphatic rings. The molecule has 116 valence electrons. The number of ether oxygens (including phenoxy) is 2. The largest absolute Gasteiger partial charge is 0.356 e. The second-order valence-corrected chi connectivity index (χ2v) is 6.52. The number of nitrogens with zero attached hydrogens (tertiary/aromatic N) is 3. The monoisotopic (exact) mass is 299 g/mol. The molecule has 0 N–H and O–H groups in total. The van der Waals surface area contributed by atoms with E-state index in [9.17, 15) is 5.26 Å². The number of aromatic nitrogens is 1. The molecule has 4 rings (SSSR count). The van der Waals surface area contributed by atoms with Gasteiger partial charge in [-0.1, -0.05) is 6.07 Å². The highest BCUT2D eigenvalue weighted by atomic mass is 16.7. The van der Waals surface area contributed by atoms with E-state index < -0.39 is 0 Å². The van der Waals surface area contributed by atoms with Crippen LogP contribution in [0.15, 0.2) is 18.2 Å². The van der Waals surface area contributed by atoms with Crippen LogP contribution in [0.25, 0.3) is 0 Å². The molecule has 1 aromatic heterocycles. The Morgan fingerprint density at radius 1 is 1.09 bits per heavy atom. The zero-order chi connectivity index (χ0) is 15.0. The maximum absolute atomic E-state index is 9.49. The van der Waals surface area contributed by atoms with Crippen LogP contribution in [-0.4, -0.2) is 37.1 Å². The predicted octanol–water partition coefficient (Wildman–Crippen LogP) is 2.37. The summed E-state index contributed by atoms with van der Waals surface area (Å²) in [6, 6.07) is 8.55. The summed E-state index contributed by atoms with van der Waals surface area (Å²) >= 11 is 0. The summed E-state index contributed by atoms with van der Waals surface area (Å²) in [6.07, 6.45) is 4.75. The quantitative estimate of drug-likeness (QED) is 0.839. The van der Waals surface area contributed by atoms with Crippen LogP contribution in [0, 0.1) is 11.3 Å². The Bertz CT molecular complexity index is 590. The van der Waals surface area contributed by atoms with Crippen molar-refractivity contribution in [2.45, 2.75) is 43.3 Å². The van der Waals surface area contributed by atoms with Crippen LogP contribution < -0.4 is 4.90 Å². The zero-order valence-corrected chi connectivity index (χ0v) is 12.8. The first-order chi connectivity index (χ1) is 10.8. The molecule has 2 aliphatic heterocycles. The second kappa shape index (κ2) is 5.22. The lowest BCUT2D eigenvalue weighted by atomic mass is 9.67. The van der Waals surface area contributed by atoms with Gasteiger partial charge in [-0.25, -0.2) is 4.98 Å². The molecule has 0 unspecified atom stereocenters. The Kier molecular flexibility index (Phi) is 3.32. The highest BCUT2D eigenvalue weighted by molar-refractivity contribution is 5.43. The summed E-state index contributed by atoms with van der Waals surface area (Å²) in [4.78, 5) is 7.08. The molecule has 0 bridgehead atoms. The lowest BCUT2D eigenvalue weighted by Gasteiger charge is -2.39. The number of pyridine rings is 1. The molecular weight excluding hydrogens is 278 g/mol. The molecule has 0 atom stereocenters. The molecule has 0 amide bonds. The fraction of sp³-hybridized carbons (Fsp3) is 0.647. The maximum atomic E-state index is 9.49. The van der Waals surface area contributed by atoms with Crippen molar-refractivity contribution < 1.29 is 9.47 Å². The Morgan fingerprint density at radius 3 is 2.41 bits per heavy atom.